The summed E-state index contributed by atoms with van der Waals surface area (Å²) in [6, 6.07) is 0. The molecule has 1 aliphatic rings. The zero-order chi connectivity index (χ0) is 13.4. The van der Waals surface area contributed by atoms with Gasteiger partial charge in [0.25, 0.3) is 0 Å². The zero-order valence-electron chi connectivity index (χ0n) is 11.9. The Hall–Kier alpha value is -0.200. The van der Waals surface area contributed by atoms with Gasteiger partial charge in [0.05, 0.1) is 31.5 Å². The second kappa shape index (κ2) is 8.07. The van der Waals surface area contributed by atoms with E-state index >= 15 is 0 Å². The van der Waals surface area contributed by atoms with Crippen LogP contribution in [0.5, 0.6) is 0 Å². The number of ether oxygens (including phenoxy) is 3. The van der Waals surface area contributed by atoms with Gasteiger partial charge >= 0.3 is 0 Å². The van der Waals surface area contributed by atoms with Crippen LogP contribution in [0.1, 0.15) is 20.3 Å². The summed E-state index contributed by atoms with van der Waals surface area (Å²) in [7, 11) is 1.67. The van der Waals surface area contributed by atoms with Gasteiger partial charge in [0.1, 0.15) is 0 Å². The summed E-state index contributed by atoms with van der Waals surface area (Å²) in [5.41, 5.74) is -0.178. The zero-order valence-corrected chi connectivity index (χ0v) is 11.9. The van der Waals surface area contributed by atoms with Crippen LogP contribution in [0, 0.1) is 0 Å². The molecule has 1 rings (SSSR count). The van der Waals surface area contributed by atoms with Crippen LogP contribution >= 0.6 is 0 Å². The summed E-state index contributed by atoms with van der Waals surface area (Å²) < 4.78 is 16.1. The highest BCUT2D eigenvalue weighted by molar-refractivity contribution is 4.83. The summed E-state index contributed by atoms with van der Waals surface area (Å²) in [5.74, 6) is 0. The molecule has 0 aromatic carbocycles. The molecule has 18 heavy (non-hydrogen) atoms. The Morgan fingerprint density at radius 2 is 2.11 bits per heavy atom. The SMILES string of the molecule is COCCOCCCN1CC(CO)OC(C)(C)C1. The Morgan fingerprint density at radius 1 is 1.33 bits per heavy atom. The lowest BCUT2D eigenvalue weighted by Crippen LogP contribution is -2.54. The second-order valence-corrected chi connectivity index (χ2v) is 5.38. The fourth-order valence-electron chi connectivity index (χ4n) is 2.32. The van der Waals surface area contributed by atoms with Crippen molar-refractivity contribution >= 4 is 0 Å². The first-order chi connectivity index (χ1) is 8.57. The van der Waals surface area contributed by atoms with Crippen molar-refractivity contribution < 1.29 is 19.3 Å². The molecule has 108 valence electrons. The smallest absolute Gasteiger partial charge is 0.0940 e. The Balaban J connectivity index is 2.16. The first kappa shape index (κ1) is 15.9. The average Bonchev–Trinajstić information content (AvgIpc) is 2.31. The molecule has 1 heterocycles. The molecule has 0 saturated carbocycles. The minimum absolute atomic E-state index is 0.0665. The van der Waals surface area contributed by atoms with E-state index in [9.17, 15) is 5.11 Å². The number of hydrogen-bond acceptors (Lipinski definition) is 5. The lowest BCUT2D eigenvalue weighted by molar-refractivity contribution is -0.149. The highest BCUT2D eigenvalue weighted by Gasteiger charge is 2.32. The van der Waals surface area contributed by atoms with E-state index in [1.165, 1.54) is 0 Å². The average molecular weight is 261 g/mol. The quantitative estimate of drug-likeness (QED) is 0.645. The van der Waals surface area contributed by atoms with Crippen molar-refractivity contribution in [2.45, 2.75) is 32.0 Å². The van der Waals surface area contributed by atoms with E-state index in [0.29, 0.717) is 13.2 Å². The molecular formula is C13H27NO4. The van der Waals surface area contributed by atoms with Crippen LogP contribution in [0.25, 0.3) is 0 Å². The standard InChI is InChI=1S/C13H27NO4/c1-13(2)11-14(9-12(10-15)18-13)5-4-6-17-8-7-16-3/h12,15H,4-11H2,1-3H3. The van der Waals surface area contributed by atoms with Gasteiger partial charge in [0.15, 0.2) is 0 Å². The van der Waals surface area contributed by atoms with Gasteiger partial charge in [0, 0.05) is 33.4 Å². The molecule has 1 N–H and O–H groups in total. The number of morpholine rings is 1. The van der Waals surface area contributed by atoms with E-state index in [4.69, 9.17) is 14.2 Å². The largest absolute Gasteiger partial charge is 0.394 e. The summed E-state index contributed by atoms with van der Waals surface area (Å²) in [5, 5.41) is 9.22. The molecule has 0 spiro atoms. The van der Waals surface area contributed by atoms with Crippen LogP contribution in [0.15, 0.2) is 0 Å². The Morgan fingerprint density at radius 3 is 2.78 bits per heavy atom. The van der Waals surface area contributed by atoms with Crippen LogP contribution in [-0.2, 0) is 14.2 Å². The maximum atomic E-state index is 9.22. The van der Waals surface area contributed by atoms with E-state index in [2.05, 4.69) is 18.7 Å². The van der Waals surface area contributed by atoms with Crippen molar-refractivity contribution in [1.82, 2.24) is 4.90 Å². The molecule has 0 aliphatic carbocycles. The second-order valence-electron chi connectivity index (χ2n) is 5.38. The fourth-order valence-corrected chi connectivity index (χ4v) is 2.32. The molecule has 1 saturated heterocycles. The number of nitrogens with zero attached hydrogens (tertiary/aromatic N) is 1. The van der Waals surface area contributed by atoms with Crippen LogP contribution < -0.4 is 0 Å². The lowest BCUT2D eigenvalue weighted by Gasteiger charge is -2.42. The van der Waals surface area contributed by atoms with Crippen LogP contribution in [-0.4, -0.2) is 74.9 Å². The molecule has 1 fully saturated rings. The fraction of sp³-hybridized carbons (Fsp3) is 1.00. The van der Waals surface area contributed by atoms with Crippen molar-refractivity contribution in [1.29, 1.82) is 0 Å². The maximum Gasteiger partial charge on any atom is 0.0940 e. The van der Waals surface area contributed by atoms with Gasteiger partial charge in [-0.15, -0.1) is 0 Å². The topological polar surface area (TPSA) is 51.2 Å². The summed E-state index contributed by atoms with van der Waals surface area (Å²) in [4.78, 5) is 2.34. The molecule has 5 nitrogen and oxygen atoms in total. The van der Waals surface area contributed by atoms with Gasteiger partial charge in [-0.05, 0) is 20.3 Å². The Labute approximate surface area is 110 Å². The van der Waals surface area contributed by atoms with E-state index in [-0.39, 0.29) is 18.3 Å². The van der Waals surface area contributed by atoms with Gasteiger partial charge in [-0.2, -0.15) is 0 Å². The van der Waals surface area contributed by atoms with Gasteiger partial charge < -0.3 is 19.3 Å². The summed E-state index contributed by atoms with van der Waals surface area (Å²) >= 11 is 0. The van der Waals surface area contributed by atoms with Gasteiger partial charge in [-0.3, -0.25) is 4.90 Å². The van der Waals surface area contributed by atoms with E-state index in [1.54, 1.807) is 7.11 Å². The predicted octanol–water partition coefficient (Wildman–Crippen LogP) is 0.511. The van der Waals surface area contributed by atoms with E-state index in [0.717, 1.165) is 32.7 Å². The number of rotatable bonds is 8. The third-order valence-electron chi connectivity index (χ3n) is 2.95. The molecule has 0 bridgehead atoms. The highest BCUT2D eigenvalue weighted by Crippen LogP contribution is 2.20. The summed E-state index contributed by atoms with van der Waals surface area (Å²) in [6.07, 6.45) is 0.931. The third-order valence-corrected chi connectivity index (χ3v) is 2.95. The number of aliphatic hydroxyl groups is 1. The molecule has 0 radical (unpaired) electrons. The number of hydrogen-bond donors (Lipinski definition) is 1. The van der Waals surface area contributed by atoms with Crippen molar-refractivity contribution in [2.75, 3.05) is 53.2 Å². The molecule has 1 unspecified atom stereocenters. The van der Waals surface area contributed by atoms with Crippen LogP contribution in [0.4, 0.5) is 0 Å². The first-order valence-corrected chi connectivity index (χ1v) is 6.65. The minimum Gasteiger partial charge on any atom is -0.394 e. The molecule has 0 aromatic heterocycles. The van der Waals surface area contributed by atoms with Gasteiger partial charge in [-0.1, -0.05) is 0 Å². The van der Waals surface area contributed by atoms with E-state index in [1.807, 2.05) is 0 Å². The van der Waals surface area contributed by atoms with Crippen molar-refractivity contribution in [3.63, 3.8) is 0 Å². The van der Waals surface area contributed by atoms with Crippen LogP contribution in [0.2, 0.25) is 0 Å². The van der Waals surface area contributed by atoms with Gasteiger partial charge in [-0.25, -0.2) is 0 Å². The number of methoxy groups -OCH3 is 1. The minimum atomic E-state index is -0.178. The van der Waals surface area contributed by atoms with E-state index < -0.39 is 0 Å². The van der Waals surface area contributed by atoms with Crippen molar-refractivity contribution in [2.24, 2.45) is 0 Å². The monoisotopic (exact) mass is 261 g/mol. The Kier molecular flexibility index (Phi) is 7.11. The predicted molar refractivity (Wildman–Crippen MR) is 69.8 cm³/mol. The van der Waals surface area contributed by atoms with Crippen LogP contribution in [0.3, 0.4) is 0 Å². The maximum absolute atomic E-state index is 9.22. The molecule has 5 heteroatoms. The highest BCUT2D eigenvalue weighted by atomic mass is 16.5. The lowest BCUT2D eigenvalue weighted by atomic mass is 10.1. The van der Waals surface area contributed by atoms with Crippen molar-refractivity contribution in [3.8, 4) is 0 Å². The molecule has 1 atom stereocenters. The molecule has 0 aromatic rings. The first-order valence-electron chi connectivity index (χ1n) is 6.65. The van der Waals surface area contributed by atoms with Crippen molar-refractivity contribution in [3.05, 3.63) is 0 Å². The molecule has 1 aliphatic heterocycles. The molecule has 0 amide bonds. The molecular weight excluding hydrogens is 234 g/mol. The normalized spacial score (nSPS) is 24.3. The Bertz CT molecular complexity index is 223. The summed E-state index contributed by atoms with van der Waals surface area (Å²) in [6.45, 7) is 8.97. The third kappa shape index (κ3) is 6.11. The number of aliphatic hydroxyl groups excluding tert-OH is 1. The van der Waals surface area contributed by atoms with Gasteiger partial charge in [0.2, 0.25) is 0 Å².